The van der Waals surface area contributed by atoms with Gasteiger partial charge < -0.3 is 25.0 Å². The highest BCUT2D eigenvalue weighted by Gasteiger charge is 2.58. The number of nitrogens with zero attached hydrogens (tertiary/aromatic N) is 5. The number of aromatic hydroxyl groups is 1. The molecule has 9 heteroatoms. The minimum atomic E-state index is -0.787. The molecule has 2 N–H and O–H groups in total. The second-order valence-electron chi connectivity index (χ2n) is 14.7. The summed E-state index contributed by atoms with van der Waals surface area (Å²) < 4.78 is 21.5. The summed E-state index contributed by atoms with van der Waals surface area (Å²) in [6.07, 6.45) is 8.66. The summed E-state index contributed by atoms with van der Waals surface area (Å²) >= 11 is 0. The Kier molecular flexibility index (Phi) is 6.67. The number of anilines is 2. The van der Waals surface area contributed by atoms with Crippen LogP contribution in [0.3, 0.4) is 0 Å². The Hall–Kier alpha value is -3.17. The van der Waals surface area contributed by atoms with E-state index in [4.69, 9.17) is 14.7 Å². The number of piperazine rings is 1. The quantitative estimate of drug-likeness (QED) is 0.397. The van der Waals surface area contributed by atoms with E-state index in [1.54, 1.807) is 0 Å². The van der Waals surface area contributed by atoms with Gasteiger partial charge in [-0.25, -0.2) is 4.39 Å². The van der Waals surface area contributed by atoms with Crippen molar-refractivity contribution >= 4 is 22.3 Å². The Morgan fingerprint density at radius 1 is 1.04 bits per heavy atom. The molecule has 5 fully saturated rings. The van der Waals surface area contributed by atoms with Gasteiger partial charge in [0.2, 0.25) is 0 Å². The van der Waals surface area contributed by atoms with Crippen molar-refractivity contribution in [3.8, 4) is 11.8 Å². The van der Waals surface area contributed by atoms with E-state index in [-0.39, 0.29) is 11.3 Å². The van der Waals surface area contributed by atoms with Crippen molar-refractivity contribution in [2.75, 3.05) is 42.6 Å². The number of aryl methyl sites for hydroxylation is 1. The van der Waals surface area contributed by atoms with Gasteiger partial charge >= 0.3 is 6.01 Å². The molecule has 4 saturated heterocycles. The molecule has 5 aliphatic heterocycles. The zero-order valence-electron chi connectivity index (χ0n) is 26.3. The smallest absolute Gasteiger partial charge is 0.318 e. The van der Waals surface area contributed by atoms with Gasteiger partial charge in [-0.15, -0.1) is 0 Å². The van der Waals surface area contributed by atoms with Gasteiger partial charge in [0.1, 0.15) is 24.3 Å². The monoisotopic (exact) mass is 612 g/mol. The lowest BCUT2D eigenvalue weighted by Gasteiger charge is -2.38. The van der Waals surface area contributed by atoms with E-state index in [9.17, 15) is 9.50 Å². The fourth-order valence-corrected chi connectivity index (χ4v) is 10.1. The Morgan fingerprint density at radius 2 is 1.91 bits per heavy atom. The predicted octanol–water partition coefficient (Wildman–Crippen LogP) is 5.13. The van der Waals surface area contributed by atoms with Gasteiger partial charge in [0.05, 0.1) is 17.8 Å². The van der Waals surface area contributed by atoms with Gasteiger partial charge in [-0.2, -0.15) is 9.97 Å². The Balaban J connectivity index is 1.07. The largest absolute Gasteiger partial charge is 0.508 e. The molecule has 6 heterocycles. The van der Waals surface area contributed by atoms with Crippen LogP contribution >= 0.6 is 0 Å². The van der Waals surface area contributed by atoms with Crippen LogP contribution in [0.5, 0.6) is 11.8 Å². The molecule has 238 valence electrons. The lowest BCUT2D eigenvalue weighted by molar-refractivity contribution is 0.0829. The first-order valence-electron chi connectivity index (χ1n) is 17.4. The Morgan fingerprint density at radius 3 is 2.76 bits per heavy atom. The highest BCUT2D eigenvalue weighted by Crippen LogP contribution is 2.52. The van der Waals surface area contributed by atoms with Crippen LogP contribution in [0, 0.1) is 5.92 Å². The van der Waals surface area contributed by atoms with Gasteiger partial charge in [0, 0.05) is 73.4 Å². The van der Waals surface area contributed by atoms with Gasteiger partial charge in [0.15, 0.2) is 0 Å². The van der Waals surface area contributed by atoms with Gasteiger partial charge in [-0.3, -0.25) is 4.90 Å². The number of halogens is 1. The lowest BCUT2D eigenvalue weighted by Crippen LogP contribution is -2.52. The Labute approximate surface area is 265 Å². The number of hydrogen-bond acceptors (Lipinski definition) is 8. The molecule has 1 saturated carbocycles. The molecule has 0 radical (unpaired) electrons. The number of phenolic OH excluding ortho intramolecular Hbond substituents is 1. The molecule has 1 aliphatic carbocycles. The minimum Gasteiger partial charge on any atom is -0.508 e. The topological polar surface area (TPSA) is 77.0 Å². The first kappa shape index (κ1) is 28.1. The highest BCUT2D eigenvalue weighted by molar-refractivity contribution is 5.98. The average molecular weight is 613 g/mol. The zero-order chi connectivity index (χ0) is 30.3. The SMILES string of the molecule is CCc1cccc2cc(O)cc(N3CCc4c(nc(OC[C@@]56C[C@@H](F)CN5[C@@H]5CCC[C@@H]5C6)nc4N4CC5CCC(C4)N5)C3)c12. The summed E-state index contributed by atoms with van der Waals surface area (Å²) in [6.45, 7) is 6.54. The number of ether oxygens (including phenoxy) is 1. The summed E-state index contributed by atoms with van der Waals surface area (Å²) in [5.74, 6) is 1.97. The predicted molar refractivity (Wildman–Crippen MR) is 174 cm³/mol. The van der Waals surface area contributed by atoms with E-state index >= 15 is 0 Å². The molecule has 2 unspecified atom stereocenters. The number of fused-ring (bicyclic) bond motifs is 7. The van der Waals surface area contributed by atoms with Gasteiger partial charge in [0.25, 0.3) is 0 Å². The normalized spacial score (nSPS) is 32.3. The van der Waals surface area contributed by atoms with Crippen LogP contribution in [0.2, 0.25) is 0 Å². The fourth-order valence-electron chi connectivity index (χ4n) is 10.1. The number of rotatable bonds is 6. The van der Waals surface area contributed by atoms with Crippen LogP contribution < -0.4 is 19.9 Å². The number of aromatic nitrogens is 2. The van der Waals surface area contributed by atoms with Crippen molar-refractivity contribution < 1.29 is 14.2 Å². The number of alkyl halides is 1. The molecule has 2 aromatic carbocycles. The second-order valence-corrected chi connectivity index (χ2v) is 14.7. The molecule has 45 heavy (non-hydrogen) atoms. The maximum atomic E-state index is 14.9. The standard InChI is InChI=1S/C36H45FN6O2/c1-2-22-5-3-6-23-13-28(44)14-32(33(22)23)41-12-11-29-30(20-41)39-35(40-34(29)42-18-26-9-10-27(19-42)38-26)45-21-36-15-24-7-4-8-31(24)43(36)17-25(37)16-36/h3,5-6,13-14,24-27,31,38,44H,2,4,7-12,15-21H2,1H3/t24-,25-,26?,27?,31-,36-/m1/s1. The van der Waals surface area contributed by atoms with Crippen LogP contribution in [-0.2, 0) is 19.4 Å². The molecule has 1 aromatic heterocycles. The molecular formula is C36H45FN6O2. The van der Waals surface area contributed by atoms with Crippen LogP contribution in [-0.4, -0.2) is 82.6 Å². The molecule has 6 aliphatic rings. The van der Waals surface area contributed by atoms with E-state index in [1.807, 2.05) is 12.1 Å². The highest BCUT2D eigenvalue weighted by atomic mass is 19.1. The first-order chi connectivity index (χ1) is 22.0. The van der Waals surface area contributed by atoms with Crippen LogP contribution in [0.15, 0.2) is 30.3 Å². The molecule has 2 bridgehead atoms. The third kappa shape index (κ3) is 4.67. The molecular weight excluding hydrogens is 567 g/mol. The van der Waals surface area contributed by atoms with E-state index in [1.165, 1.54) is 48.6 Å². The Bertz CT molecular complexity index is 1620. The zero-order valence-corrected chi connectivity index (χ0v) is 26.3. The van der Waals surface area contributed by atoms with Gasteiger partial charge in [-0.05, 0) is 67.9 Å². The van der Waals surface area contributed by atoms with Crippen molar-refractivity contribution in [3.63, 3.8) is 0 Å². The fraction of sp³-hybridized carbons (Fsp3) is 0.611. The molecule has 9 rings (SSSR count). The molecule has 3 aromatic rings. The third-order valence-corrected chi connectivity index (χ3v) is 12.0. The molecule has 0 amide bonds. The van der Waals surface area contributed by atoms with E-state index < -0.39 is 6.17 Å². The molecule has 0 spiro atoms. The summed E-state index contributed by atoms with van der Waals surface area (Å²) in [7, 11) is 0. The van der Waals surface area contributed by atoms with Crippen LogP contribution in [0.4, 0.5) is 15.9 Å². The van der Waals surface area contributed by atoms with Crippen LogP contribution in [0.25, 0.3) is 10.8 Å². The van der Waals surface area contributed by atoms with Crippen molar-refractivity contribution in [2.45, 2.75) is 101 Å². The number of benzene rings is 2. The molecule has 8 nitrogen and oxygen atoms in total. The summed E-state index contributed by atoms with van der Waals surface area (Å²) in [4.78, 5) is 17.6. The summed E-state index contributed by atoms with van der Waals surface area (Å²) in [5, 5.41) is 16.8. The van der Waals surface area contributed by atoms with Crippen LogP contribution in [0.1, 0.15) is 68.7 Å². The van der Waals surface area contributed by atoms with Crippen molar-refractivity contribution in [1.82, 2.24) is 20.2 Å². The maximum Gasteiger partial charge on any atom is 0.318 e. The maximum absolute atomic E-state index is 14.9. The molecule has 6 atom stereocenters. The third-order valence-electron chi connectivity index (χ3n) is 12.0. The summed E-state index contributed by atoms with van der Waals surface area (Å²) in [6, 6.07) is 12.1. The second kappa shape index (κ2) is 10.7. The van der Waals surface area contributed by atoms with Gasteiger partial charge in [-0.1, -0.05) is 31.5 Å². The van der Waals surface area contributed by atoms with Crippen molar-refractivity contribution in [1.29, 1.82) is 0 Å². The number of nitrogens with one attached hydrogen (secondary N) is 1. The van der Waals surface area contributed by atoms with E-state index in [0.717, 1.165) is 61.5 Å². The van der Waals surface area contributed by atoms with Crippen molar-refractivity contribution in [2.24, 2.45) is 5.92 Å². The number of phenols is 1. The summed E-state index contributed by atoms with van der Waals surface area (Å²) in [5.41, 5.74) is 4.32. The van der Waals surface area contributed by atoms with E-state index in [0.29, 0.717) is 56.2 Å². The minimum absolute atomic E-state index is 0.244. The van der Waals surface area contributed by atoms with Crippen molar-refractivity contribution in [3.05, 3.63) is 47.2 Å². The van der Waals surface area contributed by atoms with E-state index in [2.05, 4.69) is 45.1 Å². The number of hydrogen-bond donors (Lipinski definition) is 2. The lowest BCUT2D eigenvalue weighted by atomic mass is 9.89. The first-order valence-corrected chi connectivity index (χ1v) is 17.4. The average Bonchev–Trinajstić information content (AvgIpc) is 3.78.